The molecular weight excluding hydrogens is 420 g/mol. The van der Waals surface area contributed by atoms with E-state index in [1.54, 1.807) is 36.7 Å². The van der Waals surface area contributed by atoms with E-state index in [4.69, 9.17) is 5.11 Å². The second-order valence-electron chi connectivity index (χ2n) is 6.89. The number of sulfone groups is 1. The fraction of sp³-hybridized carbons (Fsp3) is 0.182. The van der Waals surface area contributed by atoms with Crippen molar-refractivity contribution in [2.75, 3.05) is 13.1 Å². The summed E-state index contributed by atoms with van der Waals surface area (Å²) in [6, 6.07) is 13.0. The lowest BCUT2D eigenvalue weighted by molar-refractivity contribution is 0.0693. The lowest BCUT2D eigenvalue weighted by Crippen LogP contribution is -2.23. The molecule has 1 atom stereocenters. The number of hydrogen-bond acceptors (Lipinski definition) is 7. The highest BCUT2D eigenvalue weighted by Gasteiger charge is 2.21. The molecule has 0 aliphatic carbocycles. The van der Waals surface area contributed by atoms with Crippen molar-refractivity contribution < 1.29 is 28.5 Å². The van der Waals surface area contributed by atoms with Gasteiger partial charge in [-0.2, -0.15) is 0 Å². The molecule has 0 unspecified atom stereocenters. The third-order valence-electron chi connectivity index (χ3n) is 4.74. The number of hydrogen-bond donors (Lipinski definition) is 4. The summed E-state index contributed by atoms with van der Waals surface area (Å²) >= 11 is 0. The van der Waals surface area contributed by atoms with Crippen LogP contribution in [-0.4, -0.2) is 47.8 Å². The molecule has 31 heavy (non-hydrogen) atoms. The van der Waals surface area contributed by atoms with Crippen molar-refractivity contribution in [2.24, 2.45) is 0 Å². The van der Waals surface area contributed by atoms with Gasteiger partial charge in [0.05, 0.1) is 15.9 Å². The monoisotopic (exact) mass is 442 g/mol. The third-order valence-corrected chi connectivity index (χ3v) is 6.51. The molecule has 0 radical (unpaired) electrons. The number of phenols is 1. The Bertz CT molecular complexity index is 1150. The van der Waals surface area contributed by atoms with Gasteiger partial charge in [-0.05, 0) is 54.9 Å². The van der Waals surface area contributed by atoms with Crippen LogP contribution in [0.4, 0.5) is 0 Å². The van der Waals surface area contributed by atoms with E-state index < -0.39 is 33.2 Å². The number of rotatable bonds is 9. The predicted molar refractivity (Wildman–Crippen MR) is 113 cm³/mol. The average molecular weight is 442 g/mol. The molecule has 0 amide bonds. The van der Waals surface area contributed by atoms with E-state index >= 15 is 0 Å². The minimum atomic E-state index is -3.92. The molecule has 3 rings (SSSR count). The Hall–Kier alpha value is -3.27. The lowest BCUT2D eigenvalue weighted by atomic mass is 10.1. The molecule has 9 heteroatoms. The zero-order valence-corrected chi connectivity index (χ0v) is 17.3. The normalized spacial score (nSPS) is 12.4. The largest absolute Gasteiger partial charge is 0.507 e. The number of benzene rings is 2. The first-order chi connectivity index (χ1) is 14.8. The summed E-state index contributed by atoms with van der Waals surface area (Å²) in [5.41, 5.74) is 1.15. The van der Waals surface area contributed by atoms with E-state index in [9.17, 15) is 23.4 Å². The van der Waals surface area contributed by atoms with Crippen molar-refractivity contribution in [2.45, 2.75) is 22.3 Å². The summed E-state index contributed by atoms with van der Waals surface area (Å²) in [4.78, 5) is 14.9. The highest BCUT2D eigenvalue weighted by molar-refractivity contribution is 7.91. The van der Waals surface area contributed by atoms with Gasteiger partial charge in [-0.15, -0.1) is 0 Å². The Balaban J connectivity index is 1.61. The van der Waals surface area contributed by atoms with Crippen LogP contribution in [0.2, 0.25) is 0 Å². The zero-order valence-electron chi connectivity index (χ0n) is 16.5. The first kappa shape index (κ1) is 22.4. The second kappa shape index (κ2) is 9.69. The number of aliphatic hydroxyl groups excluding tert-OH is 1. The van der Waals surface area contributed by atoms with E-state index in [-0.39, 0.29) is 9.79 Å². The summed E-state index contributed by atoms with van der Waals surface area (Å²) < 4.78 is 25.6. The fourth-order valence-electron chi connectivity index (χ4n) is 2.99. The standard InChI is InChI=1S/C22H22N2O6S/c25-20-8-7-18(12-19(20)22(27)28)31(29,30)17-5-3-15(4-6-17)9-11-24-14-21(26)16-2-1-10-23-13-16/h1-8,10,12-13,21,24-26H,9,11,14H2,(H,27,28)/t21-/m1/s1. The molecule has 2 aromatic carbocycles. The van der Waals surface area contributed by atoms with Crippen LogP contribution in [0.15, 0.2) is 76.8 Å². The number of nitrogens with zero attached hydrogens (tertiary/aromatic N) is 1. The number of carboxylic acid groups (broad SMARTS) is 1. The molecule has 0 aliphatic rings. The van der Waals surface area contributed by atoms with Crippen LogP contribution in [0.3, 0.4) is 0 Å². The number of aromatic nitrogens is 1. The summed E-state index contributed by atoms with van der Waals surface area (Å²) in [6.45, 7) is 0.953. The van der Waals surface area contributed by atoms with Gasteiger partial charge in [0.1, 0.15) is 11.3 Å². The maximum atomic E-state index is 12.8. The highest BCUT2D eigenvalue weighted by atomic mass is 32.2. The van der Waals surface area contributed by atoms with Crippen LogP contribution in [0.1, 0.15) is 27.6 Å². The molecule has 1 aromatic heterocycles. The van der Waals surface area contributed by atoms with Crippen molar-refractivity contribution in [1.29, 1.82) is 0 Å². The minimum Gasteiger partial charge on any atom is -0.507 e. The zero-order chi connectivity index (χ0) is 22.4. The smallest absolute Gasteiger partial charge is 0.339 e. The highest BCUT2D eigenvalue weighted by Crippen LogP contribution is 2.26. The van der Waals surface area contributed by atoms with E-state index in [1.165, 1.54) is 18.2 Å². The number of nitrogens with one attached hydrogen (secondary N) is 1. The van der Waals surface area contributed by atoms with Gasteiger partial charge >= 0.3 is 5.97 Å². The number of carbonyl (C=O) groups is 1. The molecule has 3 aromatic rings. The molecule has 0 bridgehead atoms. The van der Waals surface area contributed by atoms with E-state index in [0.29, 0.717) is 19.5 Å². The molecule has 0 fully saturated rings. The van der Waals surface area contributed by atoms with Crippen molar-refractivity contribution >= 4 is 15.8 Å². The molecule has 0 saturated carbocycles. The van der Waals surface area contributed by atoms with Crippen LogP contribution in [0, 0.1) is 0 Å². The SMILES string of the molecule is O=C(O)c1cc(S(=O)(=O)c2ccc(CCNC[C@@H](O)c3cccnc3)cc2)ccc1O. The maximum Gasteiger partial charge on any atom is 0.339 e. The van der Waals surface area contributed by atoms with Gasteiger partial charge in [0.25, 0.3) is 0 Å². The second-order valence-corrected chi connectivity index (χ2v) is 8.84. The van der Waals surface area contributed by atoms with E-state index in [0.717, 1.165) is 23.3 Å². The maximum absolute atomic E-state index is 12.8. The number of aromatic hydroxyl groups is 1. The Kier molecular flexibility index (Phi) is 7.01. The first-order valence-electron chi connectivity index (χ1n) is 9.48. The summed E-state index contributed by atoms with van der Waals surface area (Å²) in [5.74, 6) is -1.91. The van der Waals surface area contributed by atoms with Crippen molar-refractivity contribution in [3.63, 3.8) is 0 Å². The third kappa shape index (κ3) is 5.46. The number of carboxylic acids is 1. The Morgan fingerprint density at radius 2 is 1.77 bits per heavy atom. The Labute approximate surface area is 179 Å². The molecule has 4 N–H and O–H groups in total. The van der Waals surface area contributed by atoms with E-state index in [1.807, 2.05) is 0 Å². The summed E-state index contributed by atoms with van der Waals surface area (Å²) in [6.07, 6.45) is 3.21. The predicted octanol–water partition coefficient (Wildman–Crippen LogP) is 2.18. The van der Waals surface area contributed by atoms with Gasteiger partial charge in [-0.25, -0.2) is 13.2 Å². The molecule has 0 aliphatic heterocycles. The molecule has 1 heterocycles. The fourth-order valence-corrected chi connectivity index (χ4v) is 4.27. The molecule has 0 saturated heterocycles. The number of pyridine rings is 1. The first-order valence-corrected chi connectivity index (χ1v) is 11.0. The molecule has 0 spiro atoms. The number of aliphatic hydroxyl groups is 1. The number of aromatic carboxylic acids is 1. The molecule has 8 nitrogen and oxygen atoms in total. The quantitative estimate of drug-likeness (QED) is 0.370. The Morgan fingerprint density at radius 1 is 1.06 bits per heavy atom. The molecular formula is C22H22N2O6S. The minimum absolute atomic E-state index is 0.0261. The average Bonchev–Trinajstić information content (AvgIpc) is 2.77. The van der Waals surface area contributed by atoms with Crippen LogP contribution < -0.4 is 5.32 Å². The van der Waals surface area contributed by atoms with E-state index in [2.05, 4.69) is 10.3 Å². The summed E-state index contributed by atoms with van der Waals surface area (Å²) in [5, 5.41) is 31.9. The lowest BCUT2D eigenvalue weighted by Gasteiger charge is -2.12. The van der Waals surface area contributed by atoms with Crippen molar-refractivity contribution in [3.8, 4) is 5.75 Å². The van der Waals surface area contributed by atoms with Crippen LogP contribution >= 0.6 is 0 Å². The van der Waals surface area contributed by atoms with Gasteiger partial charge in [-0.3, -0.25) is 4.98 Å². The van der Waals surface area contributed by atoms with Gasteiger partial charge in [0.2, 0.25) is 9.84 Å². The molecule has 162 valence electrons. The Morgan fingerprint density at radius 3 is 2.42 bits per heavy atom. The van der Waals surface area contributed by atoms with Crippen LogP contribution in [-0.2, 0) is 16.3 Å². The van der Waals surface area contributed by atoms with Gasteiger partial charge < -0.3 is 20.6 Å². The van der Waals surface area contributed by atoms with Crippen LogP contribution in [0.5, 0.6) is 5.75 Å². The van der Waals surface area contributed by atoms with Crippen molar-refractivity contribution in [3.05, 3.63) is 83.7 Å². The van der Waals surface area contributed by atoms with Crippen LogP contribution in [0.25, 0.3) is 0 Å². The van der Waals surface area contributed by atoms with Gasteiger partial charge in [0, 0.05) is 24.5 Å². The topological polar surface area (TPSA) is 137 Å². The van der Waals surface area contributed by atoms with Gasteiger partial charge in [-0.1, -0.05) is 18.2 Å². The summed E-state index contributed by atoms with van der Waals surface area (Å²) in [7, 11) is -3.92. The van der Waals surface area contributed by atoms with Gasteiger partial charge in [0.15, 0.2) is 0 Å². The van der Waals surface area contributed by atoms with Crippen molar-refractivity contribution in [1.82, 2.24) is 10.3 Å².